The van der Waals surface area contributed by atoms with Gasteiger partial charge in [-0.1, -0.05) is 70.7 Å². The van der Waals surface area contributed by atoms with Crippen LogP contribution in [-0.2, 0) is 25.7 Å². The number of hydrogen-bond donors (Lipinski definition) is 8. The first kappa shape index (κ1) is 43.5. The average Bonchev–Trinajstić information content (AvgIpc) is 3.12. The van der Waals surface area contributed by atoms with Gasteiger partial charge in [-0.15, -0.1) is 0 Å². The molecule has 0 saturated carbocycles. The van der Waals surface area contributed by atoms with Crippen molar-refractivity contribution in [2.24, 2.45) is 23.7 Å². The van der Waals surface area contributed by atoms with E-state index in [9.17, 15) is 40.9 Å². The van der Waals surface area contributed by atoms with Crippen molar-refractivity contribution in [3.63, 3.8) is 0 Å². The van der Waals surface area contributed by atoms with Crippen molar-refractivity contribution in [2.75, 3.05) is 26.4 Å². The molecule has 52 heavy (non-hydrogen) atoms. The van der Waals surface area contributed by atoms with Crippen molar-refractivity contribution < 1.29 is 40.9 Å². The largest absolute Gasteiger partial charge is 0.506 e. The molecule has 8 nitrogen and oxygen atoms in total. The van der Waals surface area contributed by atoms with Crippen molar-refractivity contribution in [3.05, 3.63) is 115 Å². The fourth-order valence-electron chi connectivity index (χ4n) is 6.43. The van der Waals surface area contributed by atoms with Gasteiger partial charge in [0.25, 0.3) is 0 Å². The summed E-state index contributed by atoms with van der Waals surface area (Å²) in [7, 11) is 0. The summed E-state index contributed by atoms with van der Waals surface area (Å²) in [6.45, 7) is 0.141. The quantitative estimate of drug-likeness (QED) is 0.0498. The fraction of sp³-hybridized carbons (Fsp3) is 0.400. The molecule has 0 radical (unpaired) electrons. The summed E-state index contributed by atoms with van der Waals surface area (Å²) < 4.78 is 0. The molecular weight excluding hydrogens is 750 g/mol. The van der Waals surface area contributed by atoms with Crippen LogP contribution in [0.1, 0.15) is 47.9 Å². The van der Waals surface area contributed by atoms with Gasteiger partial charge >= 0.3 is 0 Å². The second-order valence-corrected chi connectivity index (χ2v) is 14.7. The highest BCUT2D eigenvalue weighted by Crippen LogP contribution is 2.33. The molecule has 4 rings (SSSR count). The standard InChI is InChI=1S/2C20H24Cl2O4/c2*21-17-5-3-13(10-19(17)25)8-15(2-1-7-23)16(12-24)9-14-4-6-18(22)20(26)11-14/h2*3-6,10-11,15-16,23-26H,1-2,7-9,12H2/t2*15-,16+/m10/s1. The van der Waals surface area contributed by atoms with Crippen LogP contribution >= 0.6 is 46.4 Å². The molecule has 0 unspecified atom stereocenters. The zero-order valence-corrected chi connectivity index (χ0v) is 31.8. The predicted molar refractivity (Wildman–Crippen MR) is 208 cm³/mol. The first-order valence-electron chi connectivity index (χ1n) is 17.2. The Kier molecular flexibility index (Phi) is 18.7. The average molecular weight is 799 g/mol. The topological polar surface area (TPSA) is 162 Å². The molecule has 0 aromatic heterocycles. The van der Waals surface area contributed by atoms with Gasteiger partial charge in [-0.3, -0.25) is 0 Å². The summed E-state index contributed by atoms with van der Waals surface area (Å²) in [4.78, 5) is 0. The Morgan fingerprint density at radius 3 is 0.846 bits per heavy atom. The lowest BCUT2D eigenvalue weighted by Crippen LogP contribution is -2.23. The van der Waals surface area contributed by atoms with Gasteiger partial charge in [0.05, 0.1) is 20.1 Å². The molecule has 4 aromatic carbocycles. The van der Waals surface area contributed by atoms with Gasteiger partial charge in [-0.05, 0) is 146 Å². The van der Waals surface area contributed by atoms with Crippen LogP contribution in [0.5, 0.6) is 23.0 Å². The third-order valence-corrected chi connectivity index (χ3v) is 10.6. The molecule has 4 aromatic rings. The van der Waals surface area contributed by atoms with Crippen LogP contribution in [0.2, 0.25) is 20.1 Å². The second-order valence-electron chi connectivity index (χ2n) is 13.1. The maximum absolute atomic E-state index is 9.94. The Hall–Kier alpha value is -2.92. The van der Waals surface area contributed by atoms with Crippen LogP contribution < -0.4 is 0 Å². The molecule has 0 spiro atoms. The van der Waals surface area contributed by atoms with Crippen molar-refractivity contribution in [2.45, 2.75) is 51.4 Å². The molecule has 12 heteroatoms. The minimum atomic E-state index is -0.0556. The molecule has 0 aliphatic heterocycles. The third kappa shape index (κ3) is 13.8. The molecule has 4 atom stereocenters. The molecule has 0 aliphatic carbocycles. The van der Waals surface area contributed by atoms with Gasteiger partial charge < -0.3 is 40.9 Å². The number of phenols is 4. The maximum atomic E-state index is 9.94. The Balaban J connectivity index is 0.000000280. The Labute approximate surface area is 325 Å². The number of rotatable bonds is 18. The normalized spacial score (nSPS) is 13.5. The number of halogens is 4. The van der Waals surface area contributed by atoms with Crippen LogP contribution in [-0.4, -0.2) is 67.3 Å². The van der Waals surface area contributed by atoms with E-state index in [0.717, 1.165) is 35.1 Å². The van der Waals surface area contributed by atoms with Crippen molar-refractivity contribution in [1.82, 2.24) is 0 Å². The van der Waals surface area contributed by atoms with Gasteiger partial charge in [0.15, 0.2) is 0 Å². The van der Waals surface area contributed by atoms with Gasteiger partial charge in [0.2, 0.25) is 0 Å². The molecule has 284 valence electrons. The number of aromatic hydroxyl groups is 4. The van der Waals surface area contributed by atoms with E-state index in [1.807, 2.05) is 24.3 Å². The molecule has 0 aliphatic rings. The Morgan fingerprint density at radius 2 is 0.635 bits per heavy atom. The monoisotopic (exact) mass is 796 g/mol. The predicted octanol–water partition coefficient (Wildman–Crippen LogP) is 8.37. The van der Waals surface area contributed by atoms with E-state index in [0.29, 0.717) is 58.6 Å². The number of aliphatic hydroxyl groups is 4. The summed E-state index contributed by atoms with van der Waals surface area (Å²) in [5, 5.41) is 78.7. The van der Waals surface area contributed by atoms with Crippen molar-refractivity contribution in [1.29, 1.82) is 0 Å². The van der Waals surface area contributed by atoms with E-state index in [2.05, 4.69) is 0 Å². The van der Waals surface area contributed by atoms with E-state index in [4.69, 9.17) is 46.4 Å². The molecule has 0 saturated heterocycles. The van der Waals surface area contributed by atoms with Crippen LogP contribution in [0.15, 0.2) is 72.8 Å². The summed E-state index contributed by atoms with van der Waals surface area (Å²) in [6.07, 6.45) is 5.20. The lowest BCUT2D eigenvalue weighted by molar-refractivity contribution is 0.158. The molecule has 0 fully saturated rings. The smallest absolute Gasteiger partial charge is 0.134 e. The Bertz CT molecular complexity index is 1560. The third-order valence-electron chi connectivity index (χ3n) is 9.30. The maximum Gasteiger partial charge on any atom is 0.134 e. The zero-order chi connectivity index (χ0) is 38.2. The highest BCUT2D eigenvalue weighted by atomic mass is 35.5. The molecule has 8 N–H and O–H groups in total. The number of aliphatic hydroxyl groups excluding tert-OH is 4. The molecule has 0 heterocycles. The lowest BCUT2D eigenvalue weighted by Gasteiger charge is -2.26. The SMILES string of the molecule is OCCC[C@@H](Cc1ccc(Cl)c(O)c1)[C@@H](CO)Cc1ccc(Cl)c(O)c1.OCCC[C@H](Cc1ccc(Cl)c(O)c1)[C@H](CO)Cc1ccc(Cl)c(O)c1. The highest BCUT2D eigenvalue weighted by Gasteiger charge is 2.24. The highest BCUT2D eigenvalue weighted by molar-refractivity contribution is 6.32. The van der Waals surface area contributed by atoms with Crippen molar-refractivity contribution in [3.8, 4) is 23.0 Å². The lowest BCUT2D eigenvalue weighted by atomic mass is 9.80. The van der Waals surface area contributed by atoms with Gasteiger partial charge in [-0.25, -0.2) is 0 Å². The molecule has 0 bridgehead atoms. The molecular formula is C40H48Cl4O8. The van der Waals surface area contributed by atoms with Gasteiger partial charge in [0, 0.05) is 26.4 Å². The van der Waals surface area contributed by atoms with E-state index in [-0.39, 0.29) is 73.1 Å². The summed E-state index contributed by atoms with van der Waals surface area (Å²) >= 11 is 23.4. The number of phenolic OH excluding ortho intramolecular Hbond substituents is 4. The first-order valence-corrected chi connectivity index (χ1v) is 18.7. The van der Waals surface area contributed by atoms with E-state index < -0.39 is 0 Å². The van der Waals surface area contributed by atoms with Crippen molar-refractivity contribution >= 4 is 46.4 Å². The van der Waals surface area contributed by atoms with E-state index in [1.54, 1.807) is 48.5 Å². The Morgan fingerprint density at radius 1 is 0.385 bits per heavy atom. The van der Waals surface area contributed by atoms with Gasteiger partial charge in [0.1, 0.15) is 23.0 Å². The summed E-state index contributed by atoms with van der Waals surface area (Å²) in [5.41, 5.74) is 3.62. The first-order chi connectivity index (χ1) is 24.9. The van der Waals surface area contributed by atoms with Crippen LogP contribution in [0.4, 0.5) is 0 Å². The van der Waals surface area contributed by atoms with Crippen LogP contribution in [0, 0.1) is 23.7 Å². The number of hydrogen-bond acceptors (Lipinski definition) is 8. The molecule has 0 amide bonds. The van der Waals surface area contributed by atoms with Gasteiger partial charge in [-0.2, -0.15) is 0 Å². The minimum absolute atomic E-state index is 0.0148. The van der Waals surface area contributed by atoms with Crippen LogP contribution in [0.3, 0.4) is 0 Å². The van der Waals surface area contributed by atoms with Crippen LogP contribution in [0.25, 0.3) is 0 Å². The fourth-order valence-corrected chi connectivity index (χ4v) is 6.90. The van der Waals surface area contributed by atoms with E-state index in [1.165, 1.54) is 0 Å². The zero-order valence-electron chi connectivity index (χ0n) is 28.8. The second kappa shape index (κ2) is 22.3. The number of benzene rings is 4. The minimum Gasteiger partial charge on any atom is -0.506 e. The van der Waals surface area contributed by atoms with E-state index >= 15 is 0 Å². The summed E-state index contributed by atoms with van der Waals surface area (Å²) in [5.74, 6) is 0.211. The summed E-state index contributed by atoms with van der Waals surface area (Å²) in [6, 6.07) is 20.5.